The van der Waals surface area contributed by atoms with Crippen LogP contribution in [0, 0.1) is 19.7 Å². The Morgan fingerprint density at radius 2 is 1.56 bits per heavy atom. The lowest BCUT2D eigenvalue weighted by atomic mass is 10.1. The first kappa shape index (κ1) is 18.9. The Morgan fingerprint density at radius 1 is 0.963 bits per heavy atom. The summed E-state index contributed by atoms with van der Waals surface area (Å²) < 4.78 is 19.0. The summed E-state index contributed by atoms with van der Waals surface area (Å²) in [5, 5.41) is 0. The Kier molecular flexibility index (Phi) is 5.74. The Labute approximate surface area is 158 Å². The summed E-state index contributed by atoms with van der Waals surface area (Å²) in [4.78, 5) is 28.2. The fourth-order valence-electron chi connectivity index (χ4n) is 3.22. The van der Waals surface area contributed by atoms with Crippen LogP contribution in [0.1, 0.15) is 21.5 Å². The molecule has 2 aromatic rings. The lowest BCUT2D eigenvalue weighted by Crippen LogP contribution is -2.51. The molecule has 1 saturated heterocycles. The molecule has 1 aliphatic heterocycles. The molecule has 0 saturated carbocycles. The number of rotatable bonds is 4. The van der Waals surface area contributed by atoms with Gasteiger partial charge in [0.1, 0.15) is 11.6 Å². The molecule has 2 amide bonds. The van der Waals surface area contributed by atoms with Crippen molar-refractivity contribution in [3.05, 3.63) is 65.0 Å². The SMILES string of the molecule is Cc1cccc(C)c1OCC(=O)N1CCN(C(=O)c2cccc(F)c2)CC1. The molecule has 3 rings (SSSR count). The van der Waals surface area contributed by atoms with Gasteiger partial charge in [0.2, 0.25) is 0 Å². The van der Waals surface area contributed by atoms with Crippen LogP contribution in [0.25, 0.3) is 0 Å². The van der Waals surface area contributed by atoms with Gasteiger partial charge in [-0.1, -0.05) is 24.3 Å². The molecule has 0 unspecified atom stereocenters. The quantitative estimate of drug-likeness (QED) is 0.832. The van der Waals surface area contributed by atoms with Gasteiger partial charge in [-0.15, -0.1) is 0 Å². The number of benzene rings is 2. The van der Waals surface area contributed by atoms with Gasteiger partial charge >= 0.3 is 0 Å². The van der Waals surface area contributed by atoms with Gasteiger partial charge in [-0.25, -0.2) is 4.39 Å². The zero-order valence-electron chi connectivity index (χ0n) is 15.6. The van der Waals surface area contributed by atoms with E-state index >= 15 is 0 Å². The summed E-state index contributed by atoms with van der Waals surface area (Å²) >= 11 is 0. The first-order chi connectivity index (χ1) is 13.0. The first-order valence-electron chi connectivity index (χ1n) is 8.97. The number of halogens is 1. The molecule has 27 heavy (non-hydrogen) atoms. The monoisotopic (exact) mass is 370 g/mol. The van der Waals surface area contributed by atoms with E-state index in [0.29, 0.717) is 31.7 Å². The Morgan fingerprint density at radius 3 is 2.19 bits per heavy atom. The third-order valence-corrected chi connectivity index (χ3v) is 4.74. The fraction of sp³-hybridized carbons (Fsp3) is 0.333. The highest BCUT2D eigenvalue weighted by molar-refractivity contribution is 5.94. The number of hydrogen-bond donors (Lipinski definition) is 0. The molecular weight excluding hydrogens is 347 g/mol. The van der Waals surface area contributed by atoms with Crippen molar-refractivity contribution < 1.29 is 18.7 Å². The van der Waals surface area contributed by atoms with Crippen molar-refractivity contribution >= 4 is 11.8 Å². The largest absolute Gasteiger partial charge is 0.483 e. The fourth-order valence-corrected chi connectivity index (χ4v) is 3.22. The van der Waals surface area contributed by atoms with Crippen molar-refractivity contribution in [2.45, 2.75) is 13.8 Å². The third kappa shape index (κ3) is 4.45. The molecule has 1 aliphatic rings. The van der Waals surface area contributed by atoms with E-state index in [9.17, 15) is 14.0 Å². The maximum Gasteiger partial charge on any atom is 0.260 e. The van der Waals surface area contributed by atoms with Gasteiger partial charge in [0.25, 0.3) is 11.8 Å². The average Bonchev–Trinajstić information content (AvgIpc) is 2.67. The molecule has 5 nitrogen and oxygen atoms in total. The Hall–Kier alpha value is -2.89. The van der Waals surface area contributed by atoms with E-state index in [0.717, 1.165) is 16.9 Å². The minimum Gasteiger partial charge on any atom is -0.483 e. The number of carbonyl (C=O) groups excluding carboxylic acids is 2. The molecule has 142 valence electrons. The summed E-state index contributed by atoms with van der Waals surface area (Å²) in [6, 6.07) is 11.5. The van der Waals surface area contributed by atoms with Crippen molar-refractivity contribution in [1.29, 1.82) is 0 Å². The molecule has 1 heterocycles. The van der Waals surface area contributed by atoms with E-state index in [2.05, 4.69) is 0 Å². The number of para-hydroxylation sites is 1. The van der Waals surface area contributed by atoms with E-state index < -0.39 is 5.82 Å². The predicted octanol–water partition coefficient (Wildman–Crippen LogP) is 2.81. The normalized spacial score (nSPS) is 14.2. The lowest BCUT2D eigenvalue weighted by Gasteiger charge is -2.34. The highest BCUT2D eigenvalue weighted by Gasteiger charge is 2.25. The smallest absolute Gasteiger partial charge is 0.260 e. The third-order valence-electron chi connectivity index (χ3n) is 4.74. The second kappa shape index (κ2) is 8.20. The number of carbonyl (C=O) groups is 2. The van der Waals surface area contributed by atoms with E-state index in [1.807, 2.05) is 32.0 Å². The van der Waals surface area contributed by atoms with Crippen molar-refractivity contribution in [3.8, 4) is 5.75 Å². The van der Waals surface area contributed by atoms with Gasteiger partial charge in [0.15, 0.2) is 6.61 Å². The topological polar surface area (TPSA) is 49.9 Å². The summed E-state index contributed by atoms with van der Waals surface area (Å²) in [5.41, 5.74) is 2.31. The van der Waals surface area contributed by atoms with Crippen LogP contribution in [-0.4, -0.2) is 54.4 Å². The van der Waals surface area contributed by atoms with E-state index in [-0.39, 0.29) is 18.4 Å². The number of ether oxygens (including phenoxy) is 1. The van der Waals surface area contributed by atoms with Crippen molar-refractivity contribution in [2.24, 2.45) is 0 Å². The zero-order valence-corrected chi connectivity index (χ0v) is 15.6. The van der Waals surface area contributed by atoms with Crippen molar-refractivity contribution in [2.75, 3.05) is 32.8 Å². The van der Waals surface area contributed by atoms with E-state index in [1.165, 1.54) is 18.2 Å². The van der Waals surface area contributed by atoms with Crippen LogP contribution in [-0.2, 0) is 4.79 Å². The highest BCUT2D eigenvalue weighted by Crippen LogP contribution is 2.22. The first-order valence-corrected chi connectivity index (χ1v) is 8.97. The van der Waals surface area contributed by atoms with Gasteiger partial charge < -0.3 is 14.5 Å². The standard InChI is InChI=1S/C21H23FN2O3/c1-15-5-3-6-16(2)20(15)27-14-19(25)23-9-11-24(12-10-23)21(26)17-7-4-8-18(22)13-17/h3-8,13H,9-12,14H2,1-2H3. The van der Waals surface area contributed by atoms with Gasteiger partial charge in [0.05, 0.1) is 0 Å². The summed E-state index contributed by atoms with van der Waals surface area (Å²) in [5.74, 6) is -0.00651. The van der Waals surface area contributed by atoms with Gasteiger partial charge in [-0.05, 0) is 43.2 Å². The molecule has 0 N–H and O–H groups in total. The van der Waals surface area contributed by atoms with Gasteiger partial charge in [0, 0.05) is 31.7 Å². The lowest BCUT2D eigenvalue weighted by molar-refractivity contribution is -0.134. The van der Waals surface area contributed by atoms with Crippen molar-refractivity contribution in [3.63, 3.8) is 0 Å². The molecule has 0 atom stereocenters. The second-order valence-corrected chi connectivity index (χ2v) is 6.69. The second-order valence-electron chi connectivity index (χ2n) is 6.69. The molecule has 0 aliphatic carbocycles. The number of nitrogens with zero attached hydrogens (tertiary/aromatic N) is 2. The molecule has 2 aromatic carbocycles. The Bertz CT molecular complexity index is 825. The van der Waals surface area contributed by atoms with Crippen molar-refractivity contribution in [1.82, 2.24) is 9.80 Å². The minimum atomic E-state index is -0.432. The molecule has 0 bridgehead atoms. The molecule has 0 spiro atoms. The molecule has 6 heteroatoms. The molecule has 0 aromatic heterocycles. The molecule has 1 fully saturated rings. The van der Waals surface area contributed by atoms with Crippen LogP contribution < -0.4 is 4.74 Å². The summed E-state index contributed by atoms with van der Waals surface area (Å²) in [7, 11) is 0. The summed E-state index contributed by atoms with van der Waals surface area (Å²) in [6.07, 6.45) is 0. The highest BCUT2D eigenvalue weighted by atomic mass is 19.1. The van der Waals surface area contributed by atoms with Gasteiger partial charge in [-0.3, -0.25) is 9.59 Å². The van der Waals surface area contributed by atoms with Crippen LogP contribution in [0.4, 0.5) is 4.39 Å². The van der Waals surface area contributed by atoms with Crippen LogP contribution in [0.3, 0.4) is 0 Å². The maximum absolute atomic E-state index is 13.3. The van der Waals surface area contributed by atoms with Gasteiger partial charge in [-0.2, -0.15) is 0 Å². The maximum atomic E-state index is 13.3. The van der Waals surface area contributed by atoms with Crippen LogP contribution in [0.2, 0.25) is 0 Å². The van der Waals surface area contributed by atoms with E-state index in [1.54, 1.807) is 15.9 Å². The molecular formula is C21H23FN2O3. The predicted molar refractivity (Wildman–Crippen MR) is 100 cm³/mol. The van der Waals surface area contributed by atoms with Crippen LogP contribution in [0.5, 0.6) is 5.75 Å². The number of hydrogen-bond acceptors (Lipinski definition) is 3. The molecule has 0 radical (unpaired) electrons. The number of piperazine rings is 1. The number of amides is 2. The Balaban J connectivity index is 1.53. The van der Waals surface area contributed by atoms with Crippen LogP contribution >= 0.6 is 0 Å². The summed E-state index contributed by atoms with van der Waals surface area (Å²) in [6.45, 7) is 5.59. The zero-order chi connectivity index (χ0) is 19.4. The minimum absolute atomic E-state index is 0.0243. The average molecular weight is 370 g/mol. The van der Waals surface area contributed by atoms with E-state index in [4.69, 9.17) is 4.74 Å². The number of aryl methyl sites for hydroxylation is 2. The van der Waals surface area contributed by atoms with Crippen LogP contribution in [0.15, 0.2) is 42.5 Å².